The number of fused-ring (bicyclic) bond motifs is 1. The molecule has 0 spiro atoms. The van der Waals surface area contributed by atoms with Gasteiger partial charge in [-0.3, -0.25) is 0 Å². The van der Waals surface area contributed by atoms with Crippen LogP contribution in [-0.4, -0.2) is 13.2 Å². The first-order valence-corrected chi connectivity index (χ1v) is 9.76. The number of ether oxygens (including phenoxy) is 2. The summed E-state index contributed by atoms with van der Waals surface area (Å²) in [6.07, 6.45) is 3.99. The van der Waals surface area contributed by atoms with Crippen molar-refractivity contribution in [2.24, 2.45) is 0 Å². The standard InChI is InChI=1S/C25H25NO2/c1-3-5-15-28-24-14-13-19(17-25(24)27-4-2)16-21(18-26)23-12-8-10-20-9-6-7-11-22(20)23/h6-14,16-17H,3-5,15H2,1-2H3/b21-16+. The molecular formula is C25H25NO2. The van der Waals surface area contributed by atoms with E-state index in [1.165, 1.54) is 0 Å². The van der Waals surface area contributed by atoms with Gasteiger partial charge in [0, 0.05) is 5.56 Å². The Bertz CT molecular complexity index is 1010. The molecule has 0 N–H and O–H groups in total. The molecular weight excluding hydrogens is 346 g/mol. The lowest BCUT2D eigenvalue weighted by atomic mass is 9.97. The summed E-state index contributed by atoms with van der Waals surface area (Å²) in [6, 6.07) is 22.3. The van der Waals surface area contributed by atoms with Crippen LogP contribution in [0.1, 0.15) is 37.8 Å². The van der Waals surface area contributed by atoms with Gasteiger partial charge in [-0.1, -0.05) is 61.9 Å². The second kappa shape index (κ2) is 9.62. The maximum atomic E-state index is 9.80. The van der Waals surface area contributed by atoms with Gasteiger partial charge in [0.2, 0.25) is 0 Å². The molecule has 0 saturated carbocycles. The highest BCUT2D eigenvalue weighted by atomic mass is 16.5. The fourth-order valence-electron chi connectivity index (χ4n) is 3.13. The molecule has 0 radical (unpaired) electrons. The minimum Gasteiger partial charge on any atom is -0.490 e. The van der Waals surface area contributed by atoms with Crippen molar-refractivity contribution in [1.82, 2.24) is 0 Å². The smallest absolute Gasteiger partial charge is 0.161 e. The van der Waals surface area contributed by atoms with E-state index in [-0.39, 0.29) is 0 Å². The Labute approximate surface area is 166 Å². The van der Waals surface area contributed by atoms with Crippen LogP contribution < -0.4 is 9.47 Å². The number of hydrogen-bond donors (Lipinski definition) is 0. The summed E-state index contributed by atoms with van der Waals surface area (Å²) in [5.74, 6) is 1.46. The Balaban J connectivity index is 1.98. The molecule has 0 aliphatic rings. The van der Waals surface area contributed by atoms with Gasteiger partial charge in [0.05, 0.1) is 24.9 Å². The first-order chi connectivity index (χ1) is 13.8. The lowest BCUT2D eigenvalue weighted by molar-refractivity contribution is 0.272. The van der Waals surface area contributed by atoms with E-state index in [2.05, 4.69) is 25.1 Å². The minimum atomic E-state index is 0.561. The molecule has 0 aliphatic heterocycles. The molecule has 0 atom stereocenters. The normalized spacial score (nSPS) is 11.2. The molecule has 28 heavy (non-hydrogen) atoms. The average Bonchev–Trinajstić information content (AvgIpc) is 2.73. The van der Waals surface area contributed by atoms with Crippen molar-refractivity contribution in [2.45, 2.75) is 26.7 Å². The zero-order valence-electron chi connectivity index (χ0n) is 16.4. The van der Waals surface area contributed by atoms with Gasteiger partial charge < -0.3 is 9.47 Å². The van der Waals surface area contributed by atoms with Gasteiger partial charge in [-0.15, -0.1) is 0 Å². The zero-order valence-corrected chi connectivity index (χ0v) is 16.4. The third-order valence-corrected chi connectivity index (χ3v) is 4.53. The Morgan fingerprint density at radius 3 is 2.57 bits per heavy atom. The first-order valence-electron chi connectivity index (χ1n) is 9.76. The van der Waals surface area contributed by atoms with Crippen molar-refractivity contribution in [3.63, 3.8) is 0 Å². The number of rotatable bonds is 8. The van der Waals surface area contributed by atoms with E-state index in [1.807, 2.05) is 61.5 Å². The molecule has 3 heteroatoms. The second-order valence-corrected chi connectivity index (χ2v) is 6.54. The van der Waals surface area contributed by atoms with E-state index >= 15 is 0 Å². The molecule has 3 nitrogen and oxygen atoms in total. The molecule has 3 rings (SSSR count). The van der Waals surface area contributed by atoms with Crippen molar-refractivity contribution in [3.05, 3.63) is 71.8 Å². The van der Waals surface area contributed by atoms with Gasteiger partial charge >= 0.3 is 0 Å². The predicted octanol–water partition coefficient (Wildman–Crippen LogP) is 6.48. The van der Waals surface area contributed by atoms with Gasteiger partial charge in [0.1, 0.15) is 0 Å². The van der Waals surface area contributed by atoms with E-state index < -0.39 is 0 Å². The van der Waals surface area contributed by atoms with Gasteiger partial charge in [-0.25, -0.2) is 0 Å². The van der Waals surface area contributed by atoms with Crippen molar-refractivity contribution >= 4 is 22.4 Å². The Morgan fingerprint density at radius 2 is 1.79 bits per heavy atom. The Morgan fingerprint density at radius 1 is 0.964 bits per heavy atom. The largest absolute Gasteiger partial charge is 0.490 e. The van der Waals surface area contributed by atoms with Gasteiger partial charge in [0.25, 0.3) is 0 Å². The van der Waals surface area contributed by atoms with Crippen LogP contribution in [0.15, 0.2) is 60.7 Å². The lowest BCUT2D eigenvalue weighted by Gasteiger charge is -2.12. The molecule has 3 aromatic carbocycles. The van der Waals surface area contributed by atoms with E-state index in [0.717, 1.165) is 40.5 Å². The summed E-state index contributed by atoms with van der Waals surface area (Å²) < 4.78 is 11.6. The minimum absolute atomic E-state index is 0.561. The van der Waals surface area contributed by atoms with Crippen molar-refractivity contribution in [3.8, 4) is 17.6 Å². The number of nitriles is 1. The molecule has 3 aromatic rings. The molecule has 0 bridgehead atoms. The summed E-state index contributed by atoms with van der Waals surface area (Å²) in [4.78, 5) is 0. The van der Waals surface area contributed by atoms with Crippen LogP contribution in [0.3, 0.4) is 0 Å². The molecule has 0 amide bonds. The molecule has 0 heterocycles. The van der Waals surface area contributed by atoms with Gasteiger partial charge in [0.15, 0.2) is 11.5 Å². The fraction of sp³-hybridized carbons (Fsp3) is 0.240. The first kappa shape index (κ1) is 19.5. The van der Waals surface area contributed by atoms with Crippen molar-refractivity contribution in [1.29, 1.82) is 5.26 Å². The van der Waals surface area contributed by atoms with E-state index in [0.29, 0.717) is 24.5 Å². The second-order valence-electron chi connectivity index (χ2n) is 6.54. The zero-order chi connectivity index (χ0) is 19.8. The number of allylic oxidation sites excluding steroid dienone is 1. The van der Waals surface area contributed by atoms with E-state index in [4.69, 9.17) is 9.47 Å². The topological polar surface area (TPSA) is 42.2 Å². The summed E-state index contributed by atoms with van der Waals surface area (Å²) in [5, 5.41) is 12.0. The molecule has 142 valence electrons. The van der Waals surface area contributed by atoms with Gasteiger partial charge in [-0.05, 0) is 47.9 Å². The Kier molecular flexibility index (Phi) is 6.70. The van der Waals surface area contributed by atoms with Crippen LogP contribution in [0, 0.1) is 11.3 Å². The molecule has 0 saturated heterocycles. The maximum Gasteiger partial charge on any atom is 0.161 e. The Hall–Kier alpha value is -3.25. The fourth-order valence-corrected chi connectivity index (χ4v) is 3.13. The van der Waals surface area contributed by atoms with Crippen LogP contribution in [0.25, 0.3) is 22.4 Å². The molecule has 0 aromatic heterocycles. The summed E-state index contributed by atoms with van der Waals surface area (Å²) in [6.45, 7) is 5.32. The van der Waals surface area contributed by atoms with Crippen LogP contribution in [0.2, 0.25) is 0 Å². The van der Waals surface area contributed by atoms with Crippen molar-refractivity contribution in [2.75, 3.05) is 13.2 Å². The van der Waals surface area contributed by atoms with Gasteiger partial charge in [-0.2, -0.15) is 5.26 Å². The quantitative estimate of drug-likeness (QED) is 0.258. The van der Waals surface area contributed by atoms with Crippen LogP contribution in [-0.2, 0) is 0 Å². The lowest BCUT2D eigenvalue weighted by Crippen LogP contribution is -2.00. The van der Waals surface area contributed by atoms with E-state index in [1.54, 1.807) is 0 Å². The number of unbranched alkanes of at least 4 members (excludes halogenated alkanes) is 1. The highest BCUT2D eigenvalue weighted by Gasteiger charge is 2.09. The predicted molar refractivity (Wildman–Crippen MR) is 115 cm³/mol. The van der Waals surface area contributed by atoms with Crippen molar-refractivity contribution < 1.29 is 9.47 Å². The number of hydrogen-bond acceptors (Lipinski definition) is 3. The molecule has 0 unspecified atom stereocenters. The summed E-state index contributed by atoms with van der Waals surface area (Å²) >= 11 is 0. The van der Waals surface area contributed by atoms with Crippen LogP contribution in [0.5, 0.6) is 11.5 Å². The third-order valence-electron chi connectivity index (χ3n) is 4.53. The molecule has 0 fully saturated rings. The van der Waals surface area contributed by atoms with E-state index in [9.17, 15) is 5.26 Å². The highest BCUT2D eigenvalue weighted by Crippen LogP contribution is 2.31. The molecule has 0 aliphatic carbocycles. The average molecular weight is 371 g/mol. The number of benzene rings is 3. The number of nitrogens with zero attached hydrogens (tertiary/aromatic N) is 1. The SMILES string of the molecule is CCCCOc1ccc(/C=C(\C#N)c2cccc3ccccc23)cc1OCC. The van der Waals surface area contributed by atoms with Crippen LogP contribution >= 0.6 is 0 Å². The summed E-state index contributed by atoms with van der Waals surface area (Å²) in [5.41, 5.74) is 2.47. The monoisotopic (exact) mass is 371 g/mol. The highest BCUT2D eigenvalue weighted by molar-refractivity contribution is 6.01. The summed E-state index contributed by atoms with van der Waals surface area (Å²) in [7, 11) is 0. The third kappa shape index (κ3) is 4.53. The maximum absolute atomic E-state index is 9.80. The van der Waals surface area contributed by atoms with Crippen LogP contribution in [0.4, 0.5) is 0 Å².